The van der Waals surface area contributed by atoms with Crippen LogP contribution in [0.1, 0.15) is 11.1 Å². The zero-order chi connectivity index (χ0) is 14.4. The SMILES string of the molecule is COc1cccc(NCCOc2c(C)cccc2C)c1. The van der Waals surface area contributed by atoms with Crippen molar-refractivity contribution >= 4 is 5.69 Å². The average Bonchev–Trinajstić information content (AvgIpc) is 2.46. The normalized spacial score (nSPS) is 10.2. The maximum Gasteiger partial charge on any atom is 0.125 e. The highest BCUT2D eigenvalue weighted by Gasteiger charge is 2.02. The highest BCUT2D eigenvalue weighted by Crippen LogP contribution is 2.22. The molecule has 3 nitrogen and oxygen atoms in total. The van der Waals surface area contributed by atoms with Gasteiger partial charge in [0.2, 0.25) is 0 Å². The fraction of sp³-hybridized carbons (Fsp3) is 0.294. The molecule has 0 bridgehead atoms. The molecule has 0 amide bonds. The third kappa shape index (κ3) is 3.67. The minimum Gasteiger partial charge on any atom is -0.497 e. The molecule has 2 aromatic carbocycles. The molecule has 0 saturated heterocycles. The Labute approximate surface area is 120 Å². The van der Waals surface area contributed by atoms with Crippen molar-refractivity contribution in [3.63, 3.8) is 0 Å². The van der Waals surface area contributed by atoms with Crippen molar-refractivity contribution in [2.45, 2.75) is 13.8 Å². The molecule has 2 aromatic rings. The van der Waals surface area contributed by atoms with Crippen molar-refractivity contribution in [3.8, 4) is 11.5 Å². The van der Waals surface area contributed by atoms with E-state index in [-0.39, 0.29) is 0 Å². The number of rotatable bonds is 6. The van der Waals surface area contributed by atoms with E-state index >= 15 is 0 Å². The number of hydrogen-bond donors (Lipinski definition) is 1. The van der Waals surface area contributed by atoms with E-state index in [0.717, 1.165) is 23.7 Å². The standard InChI is InChI=1S/C17H21NO2/c1-13-6-4-7-14(2)17(13)20-11-10-18-15-8-5-9-16(12-15)19-3/h4-9,12,18H,10-11H2,1-3H3. The van der Waals surface area contributed by atoms with Crippen molar-refractivity contribution in [3.05, 3.63) is 53.6 Å². The molecule has 106 valence electrons. The molecule has 0 unspecified atom stereocenters. The largest absolute Gasteiger partial charge is 0.497 e. The Morgan fingerprint density at radius 1 is 1.00 bits per heavy atom. The average molecular weight is 271 g/mol. The van der Waals surface area contributed by atoms with Crippen LogP contribution in [0.5, 0.6) is 11.5 Å². The van der Waals surface area contributed by atoms with Crippen LogP contribution in [0.3, 0.4) is 0 Å². The van der Waals surface area contributed by atoms with Crippen LogP contribution in [0.15, 0.2) is 42.5 Å². The predicted octanol–water partition coefficient (Wildman–Crippen LogP) is 3.80. The first-order valence-electron chi connectivity index (χ1n) is 6.77. The van der Waals surface area contributed by atoms with Crippen molar-refractivity contribution in [1.29, 1.82) is 0 Å². The molecule has 0 spiro atoms. The Balaban J connectivity index is 1.84. The number of hydrogen-bond acceptors (Lipinski definition) is 3. The van der Waals surface area contributed by atoms with Gasteiger partial charge in [0.1, 0.15) is 18.1 Å². The summed E-state index contributed by atoms with van der Waals surface area (Å²) < 4.78 is 11.0. The van der Waals surface area contributed by atoms with E-state index in [4.69, 9.17) is 9.47 Å². The van der Waals surface area contributed by atoms with Crippen molar-refractivity contribution < 1.29 is 9.47 Å². The van der Waals surface area contributed by atoms with Crippen LogP contribution in [0, 0.1) is 13.8 Å². The van der Waals surface area contributed by atoms with Gasteiger partial charge in [-0.3, -0.25) is 0 Å². The lowest BCUT2D eigenvalue weighted by molar-refractivity contribution is 0.328. The van der Waals surface area contributed by atoms with Crippen LogP contribution in [-0.4, -0.2) is 20.3 Å². The van der Waals surface area contributed by atoms with Crippen LogP contribution in [-0.2, 0) is 0 Å². The number of para-hydroxylation sites is 1. The fourth-order valence-corrected chi connectivity index (χ4v) is 2.11. The van der Waals surface area contributed by atoms with Gasteiger partial charge in [0.25, 0.3) is 0 Å². The highest BCUT2D eigenvalue weighted by atomic mass is 16.5. The van der Waals surface area contributed by atoms with Gasteiger partial charge in [-0.25, -0.2) is 0 Å². The quantitative estimate of drug-likeness (QED) is 0.811. The monoisotopic (exact) mass is 271 g/mol. The lowest BCUT2D eigenvalue weighted by atomic mass is 10.1. The maximum atomic E-state index is 5.85. The first-order valence-corrected chi connectivity index (χ1v) is 6.77. The molecule has 0 fully saturated rings. The molecule has 0 heterocycles. The van der Waals surface area contributed by atoms with E-state index < -0.39 is 0 Å². The highest BCUT2D eigenvalue weighted by molar-refractivity contribution is 5.48. The molecular formula is C17H21NO2. The first-order chi connectivity index (χ1) is 9.70. The summed E-state index contributed by atoms with van der Waals surface area (Å²) in [7, 11) is 1.67. The zero-order valence-electron chi connectivity index (χ0n) is 12.3. The fourth-order valence-electron chi connectivity index (χ4n) is 2.11. The maximum absolute atomic E-state index is 5.85. The van der Waals surface area contributed by atoms with Crippen LogP contribution < -0.4 is 14.8 Å². The molecule has 0 aliphatic heterocycles. The van der Waals surface area contributed by atoms with Gasteiger partial charge in [-0.2, -0.15) is 0 Å². The Kier molecular flexibility index (Phi) is 4.88. The van der Waals surface area contributed by atoms with E-state index in [1.54, 1.807) is 7.11 Å². The summed E-state index contributed by atoms with van der Waals surface area (Å²) in [6.45, 7) is 5.51. The summed E-state index contributed by atoms with van der Waals surface area (Å²) >= 11 is 0. The Morgan fingerprint density at radius 3 is 2.40 bits per heavy atom. The van der Waals surface area contributed by atoms with Gasteiger partial charge in [0.05, 0.1) is 7.11 Å². The number of ether oxygens (including phenoxy) is 2. The van der Waals surface area contributed by atoms with Crippen LogP contribution in [0.4, 0.5) is 5.69 Å². The number of methoxy groups -OCH3 is 1. The van der Waals surface area contributed by atoms with Gasteiger partial charge < -0.3 is 14.8 Å². The second kappa shape index (κ2) is 6.85. The number of benzene rings is 2. The van der Waals surface area contributed by atoms with Crippen LogP contribution >= 0.6 is 0 Å². The third-order valence-electron chi connectivity index (χ3n) is 3.16. The summed E-state index contributed by atoms with van der Waals surface area (Å²) in [6.07, 6.45) is 0. The molecule has 0 aromatic heterocycles. The van der Waals surface area contributed by atoms with Crippen molar-refractivity contribution in [2.24, 2.45) is 0 Å². The van der Waals surface area contributed by atoms with Crippen molar-refractivity contribution in [1.82, 2.24) is 0 Å². The Bertz CT molecular complexity index is 546. The lowest BCUT2D eigenvalue weighted by Crippen LogP contribution is -2.12. The molecule has 3 heteroatoms. The second-order valence-corrected chi connectivity index (χ2v) is 4.73. The number of nitrogens with one attached hydrogen (secondary N) is 1. The topological polar surface area (TPSA) is 30.5 Å². The summed E-state index contributed by atoms with van der Waals surface area (Å²) in [5, 5.41) is 3.32. The summed E-state index contributed by atoms with van der Waals surface area (Å²) in [5.41, 5.74) is 3.38. The number of aryl methyl sites for hydroxylation is 2. The molecule has 2 rings (SSSR count). The summed E-state index contributed by atoms with van der Waals surface area (Å²) in [5.74, 6) is 1.84. The molecule has 0 radical (unpaired) electrons. The van der Waals surface area contributed by atoms with E-state index in [0.29, 0.717) is 6.61 Å². The molecule has 0 aliphatic carbocycles. The molecule has 0 atom stereocenters. The minimum absolute atomic E-state index is 0.628. The van der Waals surface area contributed by atoms with E-state index in [1.165, 1.54) is 11.1 Å². The Hall–Kier alpha value is -2.16. The van der Waals surface area contributed by atoms with Crippen molar-refractivity contribution in [2.75, 3.05) is 25.6 Å². The lowest BCUT2D eigenvalue weighted by Gasteiger charge is -2.13. The zero-order valence-corrected chi connectivity index (χ0v) is 12.3. The summed E-state index contributed by atoms with van der Waals surface area (Å²) in [4.78, 5) is 0. The van der Waals surface area contributed by atoms with Gasteiger partial charge in [-0.15, -0.1) is 0 Å². The smallest absolute Gasteiger partial charge is 0.125 e. The van der Waals surface area contributed by atoms with Gasteiger partial charge in [0, 0.05) is 18.3 Å². The van der Waals surface area contributed by atoms with E-state index in [2.05, 4.69) is 31.3 Å². The molecule has 0 aliphatic rings. The summed E-state index contributed by atoms with van der Waals surface area (Å²) in [6, 6.07) is 14.1. The Morgan fingerprint density at radius 2 is 1.70 bits per heavy atom. The van der Waals surface area contributed by atoms with Crippen LogP contribution in [0.2, 0.25) is 0 Å². The first kappa shape index (κ1) is 14.3. The van der Waals surface area contributed by atoms with E-state index in [1.807, 2.05) is 30.3 Å². The minimum atomic E-state index is 0.628. The molecule has 1 N–H and O–H groups in total. The number of anilines is 1. The predicted molar refractivity (Wildman–Crippen MR) is 82.9 cm³/mol. The van der Waals surface area contributed by atoms with Gasteiger partial charge in [0.15, 0.2) is 0 Å². The van der Waals surface area contributed by atoms with E-state index in [9.17, 15) is 0 Å². The van der Waals surface area contributed by atoms with Gasteiger partial charge in [-0.05, 0) is 37.1 Å². The molecular weight excluding hydrogens is 250 g/mol. The molecule has 20 heavy (non-hydrogen) atoms. The molecule has 0 saturated carbocycles. The third-order valence-corrected chi connectivity index (χ3v) is 3.16. The van der Waals surface area contributed by atoms with Crippen LogP contribution in [0.25, 0.3) is 0 Å². The second-order valence-electron chi connectivity index (χ2n) is 4.73. The van der Waals surface area contributed by atoms with Gasteiger partial charge in [-0.1, -0.05) is 24.3 Å². The van der Waals surface area contributed by atoms with Gasteiger partial charge >= 0.3 is 0 Å².